The Balaban J connectivity index is 1.76. The second kappa shape index (κ2) is 5.09. The SMILES string of the molecule is O=C1N(Cc2cc(Br)ccc2F)CC2CNCCN12. The molecule has 0 aliphatic carbocycles. The van der Waals surface area contributed by atoms with Gasteiger partial charge in [0, 0.05) is 36.2 Å². The van der Waals surface area contributed by atoms with Crippen molar-refractivity contribution in [1.29, 1.82) is 0 Å². The molecule has 6 heteroatoms. The summed E-state index contributed by atoms with van der Waals surface area (Å²) in [5.74, 6) is -0.265. The molecular weight excluding hydrogens is 313 g/mol. The van der Waals surface area contributed by atoms with Crippen LogP contribution in [0.1, 0.15) is 5.56 Å². The Morgan fingerprint density at radius 3 is 3.11 bits per heavy atom. The molecule has 19 heavy (non-hydrogen) atoms. The monoisotopic (exact) mass is 327 g/mol. The standard InChI is InChI=1S/C13H15BrFN3O/c14-10-1-2-12(15)9(5-10)7-17-8-11-6-16-3-4-18(11)13(17)19/h1-2,5,11,16H,3-4,6-8H2. The number of nitrogens with zero attached hydrogens (tertiary/aromatic N) is 2. The number of fused-ring (bicyclic) bond motifs is 1. The lowest BCUT2D eigenvalue weighted by molar-refractivity contribution is 0.178. The molecule has 1 aromatic carbocycles. The quantitative estimate of drug-likeness (QED) is 0.899. The van der Waals surface area contributed by atoms with Crippen molar-refractivity contribution in [2.45, 2.75) is 12.6 Å². The van der Waals surface area contributed by atoms with Gasteiger partial charge in [-0.05, 0) is 18.2 Å². The molecule has 0 bridgehead atoms. The molecule has 2 amide bonds. The average Bonchev–Trinajstić information content (AvgIpc) is 2.72. The van der Waals surface area contributed by atoms with Crippen LogP contribution in [0.3, 0.4) is 0 Å². The number of amides is 2. The summed E-state index contributed by atoms with van der Waals surface area (Å²) in [7, 11) is 0. The van der Waals surface area contributed by atoms with E-state index in [9.17, 15) is 9.18 Å². The third-order valence-corrected chi connectivity index (χ3v) is 4.16. The molecule has 2 aliphatic rings. The molecule has 1 unspecified atom stereocenters. The predicted octanol–water partition coefficient (Wildman–Crippen LogP) is 1.80. The van der Waals surface area contributed by atoms with Gasteiger partial charge in [0.2, 0.25) is 0 Å². The minimum atomic E-state index is -0.265. The zero-order chi connectivity index (χ0) is 13.4. The average molecular weight is 328 g/mol. The maximum absolute atomic E-state index is 13.7. The first-order chi connectivity index (χ1) is 9.15. The van der Waals surface area contributed by atoms with Gasteiger partial charge in [0.15, 0.2) is 0 Å². The number of hydrogen-bond donors (Lipinski definition) is 1. The van der Waals surface area contributed by atoms with Crippen LogP contribution in [-0.2, 0) is 6.54 Å². The highest BCUT2D eigenvalue weighted by Gasteiger charge is 2.38. The highest BCUT2D eigenvalue weighted by atomic mass is 79.9. The molecule has 3 rings (SSSR count). The molecule has 0 radical (unpaired) electrons. The van der Waals surface area contributed by atoms with E-state index in [1.165, 1.54) is 6.07 Å². The van der Waals surface area contributed by atoms with Crippen molar-refractivity contribution < 1.29 is 9.18 Å². The lowest BCUT2D eigenvalue weighted by atomic mass is 10.2. The Morgan fingerprint density at radius 2 is 2.32 bits per heavy atom. The van der Waals surface area contributed by atoms with Crippen molar-refractivity contribution in [3.8, 4) is 0 Å². The molecule has 2 aliphatic heterocycles. The van der Waals surface area contributed by atoms with Gasteiger partial charge in [-0.3, -0.25) is 0 Å². The van der Waals surface area contributed by atoms with E-state index in [2.05, 4.69) is 21.2 Å². The molecule has 4 nitrogen and oxygen atoms in total. The summed E-state index contributed by atoms with van der Waals surface area (Å²) in [5.41, 5.74) is 0.551. The Morgan fingerprint density at radius 1 is 1.47 bits per heavy atom. The summed E-state index contributed by atoms with van der Waals surface area (Å²) in [6, 6.07) is 5.06. The van der Waals surface area contributed by atoms with Gasteiger partial charge in [0.25, 0.3) is 0 Å². The van der Waals surface area contributed by atoms with E-state index in [0.717, 1.165) is 24.1 Å². The Bertz CT molecular complexity index is 511. The van der Waals surface area contributed by atoms with Crippen LogP contribution in [0.15, 0.2) is 22.7 Å². The van der Waals surface area contributed by atoms with Crippen molar-refractivity contribution in [1.82, 2.24) is 15.1 Å². The highest BCUT2D eigenvalue weighted by Crippen LogP contribution is 2.22. The van der Waals surface area contributed by atoms with Crippen molar-refractivity contribution in [3.05, 3.63) is 34.1 Å². The number of hydrogen-bond acceptors (Lipinski definition) is 2. The first-order valence-electron chi connectivity index (χ1n) is 6.35. The first-order valence-corrected chi connectivity index (χ1v) is 7.14. The minimum Gasteiger partial charge on any atom is -0.318 e. The van der Waals surface area contributed by atoms with Crippen LogP contribution in [0.25, 0.3) is 0 Å². The summed E-state index contributed by atoms with van der Waals surface area (Å²) in [6.07, 6.45) is 0. The van der Waals surface area contributed by atoms with Crippen LogP contribution >= 0.6 is 15.9 Å². The number of halogens is 2. The van der Waals surface area contributed by atoms with Crippen LogP contribution in [0, 0.1) is 5.82 Å². The van der Waals surface area contributed by atoms with Crippen LogP contribution in [0.5, 0.6) is 0 Å². The number of nitrogens with one attached hydrogen (secondary N) is 1. The molecule has 2 fully saturated rings. The lowest BCUT2D eigenvalue weighted by Gasteiger charge is -2.28. The molecule has 2 saturated heterocycles. The van der Waals surface area contributed by atoms with Gasteiger partial charge in [-0.25, -0.2) is 9.18 Å². The Kier molecular flexibility index (Phi) is 3.45. The molecule has 102 valence electrons. The molecular formula is C13H15BrFN3O. The van der Waals surface area contributed by atoms with Crippen LogP contribution < -0.4 is 5.32 Å². The Hall–Kier alpha value is -1.14. The maximum atomic E-state index is 13.7. The fraction of sp³-hybridized carbons (Fsp3) is 0.462. The first kappa shape index (κ1) is 12.9. The van der Waals surface area contributed by atoms with Crippen LogP contribution in [0.2, 0.25) is 0 Å². The Labute approximate surface area is 119 Å². The van der Waals surface area contributed by atoms with E-state index in [1.54, 1.807) is 17.0 Å². The lowest BCUT2D eigenvalue weighted by Crippen LogP contribution is -2.49. The molecule has 1 atom stereocenters. The number of carbonyl (C=O) groups excluding carboxylic acids is 1. The number of urea groups is 1. The van der Waals surface area contributed by atoms with E-state index in [1.807, 2.05) is 4.90 Å². The van der Waals surface area contributed by atoms with Gasteiger partial charge < -0.3 is 15.1 Å². The summed E-state index contributed by atoms with van der Waals surface area (Å²) >= 11 is 3.33. The minimum absolute atomic E-state index is 0.0193. The maximum Gasteiger partial charge on any atom is 0.320 e. The van der Waals surface area contributed by atoms with Gasteiger partial charge in [0.05, 0.1) is 12.6 Å². The van der Waals surface area contributed by atoms with E-state index >= 15 is 0 Å². The molecule has 1 aromatic rings. The smallest absolute Gasteiger partial charge is 0.318 e. The van der Waals surface area contributed by atoms with E-state index in [0.29, 0.717) is 18.7 Å². The third-order valence-electron chi connectivity index (χ3n) is 3.67. The number of piperazine rings is 1. The van der Waals surface area contributed by atoms with Gasteiger partial charge in [0.1, 0.15) is 5.82 Å². The van der Waals surface area contributed by atoms with Gasteiger partial charge in [-0.1, -0.05) is 15.9 Å². The van der Waals surface area contributed by atoms with Crippen LogP contribution in [-0.4, -0.2) is 48.1 Å². The van der Waals surface area contributed by atoms with Gasteiger partial charge in [-0.2, -0.15) is 0 Å². The van der Waals surface area contributed by atoms with E-state index < -0.39 is 0 Å². The molecule has 2 heterocycles. The van der Waals surface area contributed by atoms with Crippen LogP contribution in [0.4, 0.5) is 9.18 Å². The summed E-state index contributed by atoms with van der Waals surface area (Å²) in [6.45, 7) is 3.39. The van der Waals surface area contributed by atoms with E-state index in [-0.39, 0.29) is 17.9 Å². The molecule has 0 spiro atoms. The number of rotatable bonds is 2. The van der Waals surface area contributed by atoms with E-state index in [4.69, 9.17) is 0 Å². The molecule has 1 N–H and O–H groups in total. The number of carbonyl (C=O) groups is 1. The summed E-state index contributed by atoms with van der Waals surface area (Å²) < 4.78 is 14.6. The number of benzene rings is 1. The van der Waals surface area contributed by atoms with Gasteiger partial charge in [-0.15, -0.1) is 0 Å². The fourth-order valence-electron chi connectivity index (χ4n) is 2.69. The third kappa shape index (κ3) is 2.47. The summed E-state index contributed by atoms with van der Waals surface area (Å²) in [5, 5.41) is 3.28. The van der Waals surface area contributed by atoms with Crippen molar-refractivity contribution in [2.24, 2.45) is 0 Å². The highest BCUT2D eigenvalue weighted by molar-refractivity contribution is 9.10. The second-order valence-corrected chi connectivity index (χ2v) is 5.87. The van der Waals surface area contributed by atoms with Gasteiger partial charge >= 0.3 is 6.03 Å². The van der Waals surface area contributed by atoms with Crippen molar-refractivity contribution in [3.63, 3.8) is 0 Å². The predicted molar refractivity (Wildman–Crippen MR) is 73.3 cm³/mol. The zero-order valence-electron chi connectivity index (χ0n) is 10.4. The molecule has 0 aromatic heterocycles. The largest absolute Gasteiger partial charge is 0.320 e. The topological polar surface area (TPSA) is 35.6 Å². The zero-order valence-corrected chi connectivity index (χ0v) is 12.0. The normalized spacial score (nSPS) is 22.8. The molecule has 0 saturated carbocycles. The summed E-state index contributed by atoms with van der Waals surface area (Å²) in [4.78, 5) is 15.8. The fourth-order valence-corrected chi connectivity index (χ4v) is 3.10. The van der Waals surface area contributed by atoms with Crippen molar-refractivity contribution in [2.75, 3.05) is 26.2 Å². The van der Waals surface area contributed by atoms with Crippen molar-refractivity contribution >= 4 is 22.0 Å². The second-order valence-electron chi connectivity index (χ2n) is 4.95.